The Bertz CT molecular complexity index is 1740. The fourth-order valence-corrected chi connectivity index (χ4v) is 4.79. The predicted molar refractivity (Wildman–Crippen MR) is 155 cm³/mol. The molecule has 0 unspecified atom stereocenters. The number of anilines is 1. The van der Waals surface area contributed by atoms with Crippen LogP contribution in [-0.2, 0) is 0 Å². The first kappa shape index (κ1) is 23.3. The third kappa shape index (κ3) is 4.33. The number of ether oxygens (including phenoxy) is 1. The fraction of sp³-hybridized carbons (Fsp3) is 0.0625. The monoisotopic (exact) mass is 497 g/mol. The summed E-state index contributed by atoms with van der Waals surface area (Å²) in [5.41, 5.74) is 4.06. The molecule has 0 radical (unpaired) electrons. The second kappa shape index (κ2) is 10.1. The van der Waals surface area contributed by atoms with Crippen molar-refractivity contribution in [2.75, 3.05) is 18.0 Å². The summed E-state index contributed by atoms with van der Waals surface area (Å²) in [5, 5.41) is 6.90. The van der Waals surface area contributed by atoms with Gasteiger partial charge < -0.3 is 9.64 Å². The van der Waals surface area contributed by atoms with Crippen LogP contribution in [0.1, 0.15) is 0 Å². The maximum atomic E-state index is 6.36. The Balaban J connectivity index is 1.34. The van der Waals surface area contributed by atoms with Crippen LogP contribution in [0.5, 0.6) is 11.5 Å². The average molecular weight is 498 g/mol. The number of benzene rings is 3. The van der Waals surface area contributed by atoms with E-state index in [0.29, 0.717) is 0 Å². The van der Waals surface area contributed by atoms with Crippen LogP contribution >= 0.6 is 0 Å². The summed E-state index contributed by atoms with van der Waals surface area (Å²) < 4.78 is 10.4. The molecule has 38 heavy (non-hydrogen) atoms. The standard InChI is InChI=1S/C32H27N5O/c1-3-18-35(19-4-2)25-22-34-36(23-25)24-10-9-11-26(20-24)38-27-15-16-29-28-12-5-6-13-30(28)37(31(29)21-27)32-14-7-8-17-33-32/h3-17,20-23H,1-2,18-19H2. The Kier molecular flexibility index (Phi) is 6.20. The minimum Gasteiger partial charge on any atom is -0.457 e. The van der Waals surface area contributed by atoms with Crippen molar-refractivity contribution >= 4 is 27.5 Å². The minimum atomic E-state index is 0.721. The lowest BCUT2D eigenvalue weighted by Gasteiger charge is -2.18. The molecule has 0 bridgehead atoms. The van der Waals surface area contributed by atoms with Gasteiger partial charge in [-0.2, -0.15) is 5.10 Å². The zero-order valence-corrected chi connectivity index (χ0v) is 20.9. The first-order valence-electron chi connectivity index (χ1n) is 12.5. The average Bonchev–Trinajstić information content (AvgIpc) is 3.57. The van der Waals surface area contributed by atoms with Crippen LogP contribution < -0.4 is 9.64 Å². The van der Waals surface area contributed by atoms with Gasteiger partial charge in [-0.05, 0) is 42.5 Å². The largest absolute Gasteiger partial charge is 0.457 e. The van der Waals surface area contributed by atoms with Crippen LogP contribution in [0, 0.1) is 0 Å². The lowest BCUT2D eigenvalue weighted by atomic mass is 10.1. The first-order valence-corrected chi connectivity index (χ1v) is 12.5. The molecule has 0 aliphatic carbocycles. The summed E-state index contributed by atoms with van der Waals surface area (Å²) in [4.78, 5) is 6.77. The Morgan fingerprint density at radius 3 is 2.39 bits per heavy atom. The number of hydrogen-bond donors (Lipinski definition) is 0. The van der Waals surface area contributed by atoms with Crippen LogP contribution in [0.4, 0.5) is 5.69 Å². The molecule has 3 heterocycles. The number of fused-ring (bicyclic) bond motifs is 3. The predicted octanol–water partition coefficient (Wildman–Crippen LogP) is 7.34. The fourth-order valence-electron chi connectivity index (χ4n) is 4.79. The van der Waals surface area contributed by atoms with Crippen LogP contribution in [-0.4, -0.2) is 32.4 Å². The molecule has 0 atom stereocenters. The number of rotatable bonds is 9. The van der Waals surface area contributed by atoms with Crippen LogP contribution in [0.25, 0.3) is 33.3 Å². The highest BCUT2D eigenvalue weighted by atomic mass is 16.5. The maximum absolute atomic E-state index is 6.36. The van der Waals surface area contributed by atoms with E-state index in [4.69, 9.17) is 4.74 Å². The van der Waals surface area contributed by atoms with Crippen molar-refractivity contribution in [3.8, 4) is 23.0 Å². The molecule has 186 valence electrons. The molecular formula is C32H27N5O. The van der Waals surface area contributed by atoms with Crippen LogP contribution in [0.3, 0.4) is 0 Å². The maximum Gasteiger partial charge on any atom is 0.137 e. The number of hydrogen-bond acceptors (Lipinski definition) is 4. The third-order valence-electron chi connectivity index (χ3n) is 6.47. The Hall–Kier alpha value is -5.10. The van der Waals surface area contributed by atoms with Crippen molar-refractivity contribution in [2.24, 2.45) is 0 Å². The second-order valence-corrected chi connectivity index (χ2v) is 8.94. The van der Waals surface area contributed by atoms with Gasteiger partial charge in [0.25, 0.3) is 0 Å². The topological polar surface area (TPSA) is 48.1 Å². The van der Waals surface area contributed by atoms with E-state index in [1.807, 2.05) is 84.0 Å². The zero-order valence-electron chi connectivity index (χ0n) is 20.9. The van der Waals surface area contributed by atoms with Gasteiger partial charge in [0.2, 0.25) is 0 Å². The van der Waals surface area contributed by atoms with Crippen molar-refractivity contribution in [1.82, 2.24) is 19.3 Å². The molecular weight excluding hydrogens is 470 g/mol. The highest BCUT2D eigenvalue weighted by Crippen LogP contribution is 2.35. The molecule has 0 aliphatic heterocycles. The molecule has 0 saturated carbocycles. The summed E-state index contributed by atoms with van der Waals surface area (Å²) >= 11 is 0. The Morgan fingerprint density at radius 1 is 0.789 bits per heavy atom. The normalized spacial score (nSPS) is 11.1. The SMILES string of the molecule is C=CCN(CC=C)c1cnn(-c2cccc(Oc3ccc4c5ccccc5n(-c5ccccn5)c4c3)c2)c1. The molecule has 0 amide bonds. The molecule has 0 N–H and O–H groups in total. The van der Waals surface area contributed by atoms with Crippen molar-refractivity contribution in [1.29, 1.82) is 0 Å². The molecule has 0 spiro atoms. The number of nitrogens with zero attached hydrogens (tertiary/aromatic N) is 5. The molecule has 6 heteroatoms. The smallest absolute Gasteiger partial charge is 0.137 e. The highest BCUT2D eigenvalue weighted by Gasteiger charge is 2.14. The van der Waals surface area contributed by atoms with Gasteiger partial charge in [0.15, 0.2) is 0 Å². The first-order chi connectivity index (χ1) is 18.7. The summed E-state index contributed by atoms with van der Waals surface area (Å²) in [5.74, 6) is 2.35. The second-order valence-electron chi connectivity index (χ2n) is 8.94. The Labute approximate surface area is 221 Å². The van der Waals surface area contributed by atoms with E-state index in [1.54, 1.807) is 0 Å². The van der Waals surface area contributed by atoms with Crippen molar-refractivity contribution in [3.05, 3.63) is 129 Å². The molecule has 3 aromatic heterocycles. The summed E-state index contributed by atoms with van der Waals surface area (Å²) in [6, 6.07) is 28.5. The van der Waals surface area contributed by atoms with E-state index < -0.39 is 0 Å². The van der Waals surface area contributed by atoms with Crippen molar-refractivity contribution in [2.45, 2.75) is 0 Å². The minimum absolute atomic E-state index is 0.721. The molecule has 0 fully saturated rings. The van der Waals surface area contributed by atoms with E-state index in [-0.39, 0.29) is 0 Å². The number of aromatic nitrogens is 4. The van der Waals surface area contributed by atoms with Gasteiger partial charge in [0, 0.05) is 42.2 Å². The summed E-state index contributed by atoms with van der Waals surface area (Å²) in [7, 11) is 0. The number of pyridine rings is 1. The summed E-state index contributed by atoms with van der Waals surface area (Å²) in [6.45, 7) is 9.15. The highest BCUT2D eigenvalue weighted by molar-refractivity contribution is 6.09. The quantitative estimate of drug-likeness (QED) is 0.196. The Morgan fingerprint density at radius 2 is 1.58 bits per heavy atom. The van der Waals surface area contributed by atoms with Gasteiger partial charge in [-0.15, -0.1) is 13.2 Å². The van der Waals surface area contributed by atoms with E-state index in [9.17, 15) is 0 Å². The molecule has 6 aromatic rings. The van der Waals surface area contributed by atoms with E-state index in [1.165, 1.54) is 5.39 Å². The van der Waals surface area contributed by atoms with Gasteiger partial charge in [0.1, 0.15) is 17.3 Å². The van der Waals surface area contributed by atoms with E-state index in [0.717, 1.165) is 58.2 Å². The third-order valence-corrected chi connectivity index (χ3v) is 6.47. The van der Waals surface area contributed by atoms with Gasteiger partial charge in [-0.3, -0.25) is 4.57 Å². The molecule has 6 rings (SSSR count). The van der Waals surface area contributed by atoms with Crippen LogP contribution in [0.2, 0.25) is 0 Å². The molecule has 6 nitrogen and oxygen atoms in total. The van der Waals surface area contributed by atoms with Gasteiger partial charge in [0.05, 0.1) is 34.8 Å². The zero-order chi connectivity index (χ0) is 25.9. The van der Waals surface area contributed by atoms with Crippen molar-refractivity contribution < 1.29 is 4.74 Å². The molecule has 3 aromatic carbocycles. The lowest BCUT2D eigenvalue weighted by molar-refractivity contribution is 0.483. The van der Waals surface area contributed by atoms with Gasteiger partial charge in [-0.1, -0.05) is 42.5 Å². The summed E-state index contributed by atoms with van der Waals surface area (Å²) in [6.07, 6.45) is 9.42. The number of para-hydroxylation sites is 1. The van der Waals surface area contributed by atoms with Crippen LogP contribution in [0.15, 0.2) is 129 Å². The molecule has 0 aliphatic rings. The lowest BCUT2D eigenvalue weighted by Crippen LogP contribution is -2.22. The molecule has 0 saturated heterocycles. The van der Waals surface area contributed by atoms with E-state index >= 15 is 0 Å². The van der Waals surface area contributed by atoms with E-state index in [2.05, 4.69) is 69.1 Å². The van der Waals surface area contributed by atoms with Gasteiger partial charge in [-0.25, -0.2) is 9.67 Å². The van der Waals surface area contributed by atoms with Crippen molar-refractivity contribution in [3.63, 3.8) is 0 Å². The van der Waals surface area contributed by atoms with Gasteiger partial charge >= 0.3 is 0 Å².